The van der Waals surface area contributed by atoms with E-state index in [1.54, 1.807) is 0 Å². The SMILES string of the molecule is Cc1cccnc1[C@@H]1CCC[C@H](c2nc3cccc(N4CCNC(C)(C)C4)c3[nH]2)N1C. The second-order valence-electron chi connectivity index (χ2n) is 9.86. The van der Waals surface area contributed by atoms with Crippen LogP contribution in [0.15, 0.2) is 36.5 Å². The van der Waals surface area contributed by atoms with Crippen molar-refractivity contribution in [3.63, 3.8) is 0 Å². The molecule has 0 unspecified atom stereocenters. The standard InChI is InChI=1S/C25H34N6/c1-17-8-7-13-26-22(17)19-10-6-12-21(30(19)4)24-28-18-9-5-11-20(23(18)29-24)31-15-14-27-25(2,3)16-31/h5,7-9,11,13,19,21,27H,6,10,12,14-16H2,1-4H3,(H,28,29)/t19-,21+/m0/s1. The van der Waals surface area contributed by atoms with Crippen molar-refractivity contribution in [2.75, 3.05) is 31.6 Å². The minimum Gasteiger partial charge on any atom is -0.367 e. The fraction of sp³-hybridized carbons (Fsp3) is 0.520. The van der Waals surface area contributed by atoms with Gasteiger partial charge in [0.05, 0.1) is 34.5 Å². The summed E-state index contributed by atoms with van der Waals surface area (Å²) in [6.07, 6.45) is 5.37. The molecule has 164 valence electrons. The maximum atomic E-state index is 5.07. The summed E-state index contributed by atoms with van der Waals surface area (Å²) in [6, 6.07) is 11.3. The molecule has 4 heterocycles. The summed E-state index contributed by atoms with van der Waals surface area (Å²) >= 11 is 0. The van der Waals surface area contributed by atoms with E-state index in [0.717, 1.165) is 43.8 Å². The molecular weight excluding hydrogens is 384 g/mol. The molecule has 0 radical (unpaired) electrons. The highest BCUT2D eigenvalue weighted by molar-refractivity contribution is 5.89. The molecule has 0 aliphatic carbocycles. The predicted octanol–water partition coefficient (Wildman–Crippen LogP) is 4.35. The van der Waals surface area contributed by atoms with Crippen molar-refractivity contribution in [1.82, 2.24) is 25.2 Å². The average molecular weight is 419 g/mol. The first-order valence-electron chi connectivity index (χ1n) is 11.5. The maximum absolute atomic E-state index is 5.07. The number of aryl methyl sites for hydroxylation is 1. The summed E-state index contributed by atoms with van der Waals surface area (Å²) in [5.41, 5.74) is 6.08. The van der Waals surface area contributed by atoms with Gasteiger partial charge in [-0.3, -0.25) is 9.88 Å². The topological polar surface area (TPSA) is 60.1 Å². The van der Waals surface area contributed by atoms with Crippen LogP contribution < -0.4 is 10.2 Å². The van der Waals surface area contributed by atoms with E-state index in [-0.39, 0.29) is 11.6 Å². The molecule has 1 aromatic carbocycles. The van der Waals surface area contributed by atoms with Crippen LogP contribution in [-0.2, 0) is 0 Å². The van der Waals surface area contributed by atoms with Crippen molar-refractivity contribution >= 4 is 16.7 Å². The van der Waals surface area contributed by atoms with Crippen molar-refractivity contribution in [2.45, 2.75) is 57.7 Å². The molecule has 0 saturated carbocycles. The lowest BCUT2D eigenvalue weighted by molar-refractivity contribution is 0.107. The van der Waals surface area contributed by atoms with Gasteiger partial charge < -0.3 is 15.2 Å². The molecular formula is C25H34N6. The van der Waals surface area contributed by atoms with Crippen molar-refractivity contribution in [2.24, 2.45) is 0 Å². The number of pyridine rings is 1. The molecule has 0 bridgehead atoms. The zero-order valence-electron chi connectivity index (χ0n) is 19.2. The fourth-order valence-electron chi connectivity index (χ4n) is 5.44. The first-order chi connectivity index (χ1) is 14.9. The highest BCUT2D eigenvalue weighted by Gasteiger charge is 2.33. The zero-order valence-corrected chi connectivity index (χ0v) is 19.2. The Balaban J connectivity index is 1.47. The van der Waals surface area contributed by atoms with Crippen LogP contribution >= 0.6 is 0 Å². The number of aromatic amines is 1. The number of para-hydroxylation sites is 1. The van der Waals surface area contributed by atoms with Crippen LogP contribution in [-0.4, -0.2) is 52.1 Å². The Morgan fingerprint density at radius 2 is 1.94 bits per heavy atom. The number of fused-ring (bicyclic) bond motifs is 1. The molecule has 2 N–H and O–H groups in total. The van der Waals surface area contributed by atoms with E-state index in [2.05, 4.69) is 72.2 Å². The normalized spacial score (nSPS) is 24.6. The number of likely N-dealkylation sites (tertiary alicyclic amines) is 1. The number of nitrogens with zero attached hydrogens (tertiary/aromatic N) is 4. The van der Waals surface area contributed by atoms with Gasteiger partial charge in [0, 0.05) is 31.4 Å². The number of anilines is 1. The molecule has 2 aliphatic heterocycles. The number of piperidine rings is 1. The van der Waals surface area contributed by atoms with Crippen molar-refractivity contribution in [3.8, 4) is 0 Å². The third-order valence-corrected chi connectivity index (χ3v) is 7.05. The summed E-state index contributed by atoms with van der Waals surface area (Å²) in [6.45, 7) is 9.72. The number of hydrogen-bond donors (Lipinski definition) is 2. The number of H-pyrrole nitrogens is 1. The van der Waals surface area contributed by atoms with E-state index in [4.69, 9.17) is 9.97 Å². The minimum absolute atomic E-state index is 0.112. The highest BCUT2D eigenvalue weighted by Crippen LogP contribution is 2.40. The second-order valence-corrected chi connectivity index (χ2v) is 9.86. The maximum Gasteiger partial charge on any atom is 0.124 e. The van der Waals surface area contributed by atoms with Crippen LogP contribution in [0.1, 0.15) is 62.3 Å². The lowest BCUT2D eigenvalue weighted by atomic mass is 9.92. The molecule has 0 amide bonds. The Labute approximate surface area is 185 Å². The number of aromatic nitrogens is 3. The van der Waals surface area contributed by atoms with Crippen LogP contribution in [0.4, 0.5) is 5.69 Å². The summed E-state index contributed by atoms with van der Waals surface area (Å²) in [5.74, 6) is 1.08. The molecule has 6 heteroatoms. The van der Waals surface area contributed by atoms with Crippen LogP contribution in [0.25, 0.3) is 11.0 Å². The Bertz CT molecular complexity index is 1070. The van der Waals surface area contributed by atoms with Gasteiger partial charge in [-0.15, -0.1) is 0 Å². The van der Waals surface area contributed by atoms with Gasteiger partial charge in [0.2, 0.25) is 0 Å². The summed E-state index contributed by atoms with van der Waals surface area (Å²) in [5, 5.41) is 3.61. The molecule has 2 saturated heterocycles. The summed E-state index contributed by atoms with van der Waals surface area (Å²) in [4.78, 5) is 18.5. The summed E-state index contributed by atoms with van der Waals surface area (Å²) < 4.78 is 0. The van der Waals surface area contributed by atoms with Gasteiger partial charge in [0.25, 0.3) is 0 Å². The monoisotopic (exact) mass is 418 g/mol. The number of benzene rings is 1. The van der Waals surface area contributed by atoms with Crippen molar-refractivity contribution in [1.29, 1.82) is 0 Å². The van der Waals surface area contributed by atoms with E-state index in [9.17, 15) is 0 Å². The summed E-state index contributed by atoms with van der Waals surface area (Å²) in [7, 11) is 2.23. The number of piperazine rings is 1. The molecule has 2 aliphatic rings. The van der Waals surface area contributed by atoms with Gasteiger partial charge in [-0.1, -0.05) is 12.1 Å². The fourth-order valence-corrected chi connectivity index (χ4v) is 5.44. The molecule has 2 aromatic heterocycles. The van der Waals surface area contributed by atoms with E-state index in [0.29, 0.717) is 6.04 Å². The molecule has 31 heavy (non-hydrogen) atoms. The van der Waals surface area contributed by atoms with Gasteiger partial charge in [-0.05, 0) is 70.8 Å². The third kappa shape index (κ3) is 3.83. The minimum atomic E-state index is 0.112. The Morgan fingerprint density at radius 3 is 2.74 bits per heavy atom. The van der Waals surface area contributed by atoms with Gasteiger partial charge in [-0.25, -0.2) is 4.98 Å². The Kier molecular flexibility index (Phi) is 5.22. The molecule has 5 rings (SSSR count). The zero-order chi connectivity index (χ0) is 21.6. The van der Waals surface area contributed by atoms with E-state index in [1.807, 2.05) is 12.3 Å². The number of rotatable bonds is 3. The van der Waals surface area contributed by atoms with E-state index < -0.39 is 0 Å². The smallest absolute Gasteiger partial charge is 0.124 e. The van der Waals surface area contributed by atoms with Crippen LogP contribution in [0, 0.1) is 6.92 Å². The van der Waals surface area contributed by atoms with E-state index >= 15 is 0 Å². The molecule has 6 nitrogen and oxygen atoms in total. The van der Waals surface area contributed by atoms with Crippen LogP contribution in [0.2, 0.25) is 0 Å². The third-order valence-electron chi connectivity index (χ3n) is 7.05. The molecule has 2 fully saturated rings. The largest absolute Gasteiger partial charge is 0.367 e. The highest BCUT2D eigenvalue weighted by atomic mass is 15.2. The predicted molar refractivity (Wildman–Crippen MR) is 126 cm³/mol. The van der Waals surface area contributed by atoms with E-state index in [1.165, 1.54) is 28.9 Å². The van der Waals surface area contributed by atoms with Gasteiger partial charge >= 0.3 is 0 Å². The van der Waals surface area contributed by atoms with Gasteiger partial charge in [0.1, 0.15) is 5.82 Å². The molecule has 2 atom stereocenters. The first-order valence-corrected chi connectivity index (χ1v) is 11.5. The van der Waals surface area contributed by atoms with Gasteiger partial charge in [-0.2, -0.15) is 0 Å². The first kappa shape index (κ1) is 20.5. The molecule has 3 aromatic rings. The lowest BCUT2D eigenvalue weighted by Gasteiger charge is -2.40. The Hall–Kier alpha value is -2.44. The second kappa shape index (κ2) is 7.92. The molecule has 0 spiro atoms. The number of hydrogen-bond acceptors (Lipinski definition) is 5. The van der Waals surface area contributed by atoms with Crippen LogP contribution in [0.3, 0.4) is 0 Å². The quantitative estimate of drug-likeness (QED) is 0.662. The Morgan fingerprint density at radius 1 is 1.10 bits per heavy atom. The lowest BCUT2D eigenvalue weighted by Crippen LogP contribution is -2.57. The average Bonchev–Trinajstić information content (AvgIpc) is 3.18. The van der Waals surface area contributed by atoms with Crippen molar-refractivity contribution in [3.05, 3.63) is 53.6 Å². The van der Waals surface area contributed by atoms with Gasteiger partial charge in [0.15, 0.2) is 0 Å². The van der Waals surface area contributed by atoms with Crippen LogP contribution in [0.5, 0.6) is 0 Å². The number of nitrogens with one attached hydrogen (secondary N) is 2. The number of imidazole rings is 1. The van der Waals surface area contributed by atoms with Crippen molar-refractivity contribution < 1.29 is 0 Å².